The van der Waals surface area contributed by atoms with Crippen molar-refractivity contribution in [1.82, 2.24) is 5.32 Å². The Morgan fingerprint density at radius 1 is 1.40 bits per heavy atom. The molecule has 2 nitrogen and oxygen atoms in total. The fraction of sp³-hybridized carbons (Fsp3) is 0.647. The van der Waals surface area contributed by atoms with E-state index in [1.807, 2.05) is 6.07 Å². The number of hydrogen-bond donors (Lipinski definition) is 1. The second kappa shape index (κ2) is 6.13. The first kappa shape index (κ1) is 15.3. The molecule has 0 spiro atoms. The maximum atomic E-state index is 14.3. The van der Waals surface area contributed by atoms with Crippen LogP contribution in [0.15, 0.2) is 12.1 Å². The van der Waals surface area contributed by atoms with Crippen molar-refractivity contribution in [2.24, 2.45) is 5.41 Å². The van der Waals surface area contributed by atoms with Crippen molar-refractivity contribution in [2.75, 3.05) is 13.7 Å². The van der Waals surface area contributed by atoms with Crippen LogP contribution in [0.3, 0.4) is 0 Å². The van der Waals surface area contributed by atoms with Crippen LogP contribution in [0.4, 0.5) is 4.39 Å². The van der Waals surface area contributed by atoms with Crippen LogP contribution >= 0.6 is 0 Å². The Morgan fingerprint density at radius 2 is 2.15 bits per heavy atom. The summed E-state index contributed by atoms with van der Waals surface area (Å²) in [5.41, 5.74) is 2.18. The third kappa shape index (κ3) is 3.32. The van der Waals surface area contributed by atoms with Crippen molar-refractivity contribution in [3.05, 3.63) is 29.1 Å². The summed E-state index contributed by atoms with van der Waals surface area (Å²) in [6, 6.07) is 3.73. The second-order valence-electron chi connectivity index (χ2n) is 6.55. The molecule has 20 heavy (non-hydrogen) atoms. The van der Waals surface area contributed by atoms with Crippen LogP contribution in [-0.4, -0.2) is 13.7 Å². The monoisotopic (exact) mass is 279 g/mol. The Balaban J connectivity index is 2.42. The molecule has 3 heteroatoms. The van der Waals surface area contributed by atoms with Gasteiger partial charge in [-0.05, 0) is 54.8 Å². The summed E-state index contributed by atoms with van der Waals surface area (Å²) in [6.45, 7) is 7.66. The molecule has 1 aliphatic carbocycles. The Hall–Kier alpha value is -1.09. The Bertz CT molecular complexity index is 470. The number of benzene rings is 1. The first-order valence-electron chi connectivity index (χ1n) is 7.56. The summed E-state index contributed by atoms with van der Waals surface area (Å²) in [6.07, 6.45) is 3.95. The molecule has 0 aliphatic heterocycles. The molecule has 1 N–H and O–H groups in total. The molecule has 0 radical (unpaired) electrons. The van der Waals surface area contributed by atoms with Crippen molar-refractivity contribution in [1.29, 1.82) is 0 Å². The average molecular weight is 279 g/mol. The van der Waals surface area contributed by atoms with Gasteiger partial charge in [0.1, 0.15) is 11.6 Å². The zero-order valence-electron chi connectivity index (χ0n) is 13.1. The molecule has 0 bridgehead atoms. The number of halogens is 1. The molecule has 112 valence electrons. The highest BCUT2D eigenvalue weighted by Crippen LogP contribution is 2.41. The molecule has 2 rings (SSSR count). The molecule has 1 aromatic carbocycles. The third-order valence-electron chi connectivity index (χ3n) is 4.26. The fourth-order valence-electron chi connectivity index (χ4n) is 3.05. The van der Waals surface area contributed by atoms with Gasteiger partial charge in [0.05, 0.1) is 7.11 Å². The van der Waals surface area contributed by atoms with E-state index < -0.39 is 0 Å². The van der Waals surface area contributed by atoms with Gasteiger partial charge in [0.2, 0.25) is 0 Å². The van der Waals surface area contributed by atoms with Crippen LogP contribution in [0.5, 0.6) is 5.75 Å². The van der Waals surface area contributed by atoms with Crippen molar-refractivity contribution in [3.63, 3.8) is 0 Å². The van der Waals surface area contributed by atoms with Gasteiger partial charge in [0, 0.05) is 12.1 Å². The topological polar surface area (TPSA) is 21.3 Å². The summed E-state index contributed by atoms with van der Waals surface area (Å²) >= 11 is 0. The predicted molar refractivity (Wildman–Crippen MR) is 80.7 cm³/mol. The number of ether oxygens (including phenoxy) is 1. The molecule has 0 aromatic heterocycles. The molecular weight excluding hydrogens is 253 g/mol. The first-order chi connectivity index (χ1) is 9.46. The summed E-state index contributed by atoms with van der Waals surface area (Å²) in [7, 11) is 1.59. The lowest BCUT2D eigenvalue weighted by atomic mass is 9.83. The quantitative estimate of drug-likeness (QED) is 0.832. The summed E-state index contributed by atoms with van der Waals surface area (Å²) in [5.74, 6) is 0.490. The van der Waals surface area contributed by atoms with Crippen LogP contribution in [0.25, 0.3) is 0 Å². The van der Waals surface area contributed by atoms with E-state index in [2.05, 4.69) is 26.1 Å². The maximum Gasteiger partial charge on any atom is 0.130 e. The summed E-state index contributed by atoms with van der Waals surface area (Å²) in [4.78, 5) is 0. The highest BCUT2D eigenvalue weighted by atomic mass is 19.1. The van der Waals surface area contributed by atoms with Crippen molar-refractivity contribution >= 4 is 0 Å². The molecule has 1 aliphatic rings. The number of hydrogen-bond acceptors (Lipinski definition) is 2. The van der Waals surface area contributed by atoms with Gasteiger partial charge in [0.25, 0.3) is 0 Å². The van der Waals surface area contributed by atoms with E-state index in [4.69, 9.17) is 4.74 Å². The molecule has 0 heterocycles. The molecule has 0 saturated heterocycles. The van der Waals surface area contributed by atoms with Crippen LogP contribution in [0.1, 0.15) is 57.2 Å². The average Bonchev–Trinajstić information content (AvgIpc) is 2.53. The van der Waals surface area contributed by atoms with Crippen LogP contribution < -0.4 is 10.1 Å². The smallest absolute Gasteiger partial charge is 0.130 e. The van der Waals surface area contributed by atoms with E-state index in [0.717, 1.165) is 43.4 Å². The van der Waals surface area contributed by atoms with E-state index in [-0.39, 0.29) is 17.3 Å². The van der Waals surface area contributed by atoms with Crippen LogP contribution in [0.2, 0.25) is 0 Å². The minimum atomic E-state index is -0.125. The molecule has 1 unspecified atom stereocenters. The molecule has 1 aromatic rings. The van der Waals surface area contributed by atoms with Gasteiger partial charge in [-0.15, -0.1) is 0 Å². The SMILES string of the molecule is CCCNC1CC(C)(C)CCc2c(F)cc(OC)cc21. The van der Waals surface area contributed by atoms with E-state index in [0.29, 0.717) is 5.75 Å². The molecule has 1 atom stereocenters. The highest BCUT2D eigenvalue weighted by molar-refractivity contribution is 5.40. The zero-order valence-corrected chi connectivity index (χ0v) is 13.1. The van der Waals surface area contributed by atoms with Gasteiger partial charge in [-0.25, -0.2) is 4.39 Å². The van der Waals surface area contributed by atoms with Crippen molar-refractivity contribution < 1.29 is 9.13 Å². The maximum absolute atomic E-state index is 14.3. The van der Waals surface area contributed by atoms with Gasteiger partial charge in [-0.1, -0.05) is 20.8 Å². The lowest BCUT2D eigenvalue weighted by molar-refractivity contribution is 0.273. The van der Waals surface area contributed by atoms with Gasteiger partial charge < -0.3 is 10.1 Å². The van der Waals surface area contributed by atoms with Gasteiger partial charge in [-0.3, -0.25) is 0 Å². The zero-order chi connectivity index (χ0) is 14.8. The van der Waals surface area contributed by atoms with Gasteiger partial charge in [0.15, 0.2) is 0 Å². The van der Waals surface area contributed by atoms with E-state index in [1.165, 1.54) is 6.07 Å². The fourth-order valence-corrected chi connectivity index (χ4v) is 3.05. The van der Waals surface area contributed by atoms with Crippen molar-refractivity contribution in [3.8, 4) is 5.75 Å². The molecule has 0 saturated carbocycles. The van der Waals surface area contributed by atoms with Gasteiger partial charge in [-0.2, -0.15) is 0 Å². The van der Waals surface area contributed by atoms with E-state index >= 15 is 0 Å². The molecular formula is C17H26FNO. The first-order valence-corrected chi connectivity index (χ1v) is 7.56. The summed E-state index contributed by atoms with van der Waals surface area (Å²) < 4.78 is 19.6. The second-order valence-corrected chi connectivity index (χ2v) is 6.55. The lowest BCUT2D eigenvalue weighted by Crippen LogP contribution is -2.26. The predicted octanol–water partition coefficient (Wildman–Crippen LogP) is 4.24. The normalized spacial score (nSPS) is 21.1. The van der Waals surface area contributed by atoms with Crippen LogP contribution in [0, 0.1) is 11.2 Å². The molecule has 0 amide bonds. The van der Waals surface area contributed by atoms with Gasteiger partial charge >= 0.3 is 0 Å². The van der Waals surface area contributed by atoms with E-state index in [9.17, 15) is 4.39 Å². The van der Waals surface area contributed by atoms with Crippen molar-refractivity contribution in [2.45, 2.75) is 52.5 Å². The minimum Gasteiger partial charge on any atom is -0.497 e. The molecule has 0 fully saturated rings. The minimum absolute atomic E-state index is 0.125. The number of fused-ring (bicyclic) bond motifs is 1. The highest BCUT2D eigenvalue weighted by Gasteiger charge is 2.31. The largest absolute Gasteiger partial charge is 0.497 e. The number of methoxy groups -OCH3 is 1. The standard InChI is InChI=1S/C17H26FNO/c1-5-8-19-16-11-17(2,3)7-6-13-14(16)9-12(20-4)10-15(13)18/h9-10,16,19H,5-8,11H2,1-4H3. The summed E-state index contributed by atoms with van der Waals surface area (Å²) in [5, 5.41) is 3.58. The third-order valence-corrected chi connectivity index (χ3v) is 4.26. The lowest BCUT2D eigenvalue weighted by Gasteiger charge is -2.28. The number of nitrogens with one attached hydrogen (secondary N) is 1. The Morgan fingerprint density at radius 3 is 2.80 bits per heavy atom. The van der Waals surface area contributed by atoms with Crippen LogP contribution in [-0.2, 0) is 6.42 Å². The number of rotatable bonds is 4. The Labute approximate surface area is 121 Å². The Kier molecular flexibility index (Phi) is 4.69. The van der Waals surface area contributed by atoms with E-state index in [1.54, 1.807) is 7.11 Å².